The Morgan fingerprint density at radius 2 is 2.21 bits per heavy atom. The number of halogens is 1. The van der Waals surface area contributed by atoms with Crippen LogP contribution in [0.25, 0.3) is 0 Å². The van der Waals surface area contributed by atoms with Gasteiger partial charge in [-0.25, -0.2) is 18.0 Å². The number of aromatic nitrogens is 4. The van der Waals surface area contributed by atoms with Crippen LogP contribution in [-0.2, 0) is 0 Å². The van der Waals surface area contributed by atoms with E-state index in [2.05, 4.69) is 58.2 Å². The third-order valence-electron chi connectivity index (χ3n) is 3.53. The third kappa shape index (κ3) is 4.21. The van der Waals surface area contributed by atoms with Crippen molar-refractivity contribution in [3.05, 3.63) is 29.7 Å². The lowest BCUT2D eigenvalue weighted by molar-refractivity contribution is 0.0687. The molecular weight excluding hydrogens is 425 g/mol. The molecule has 0 radical (unpaired) electrons. The molecule has 2 N–H and O–H groups in total. The van der Waals surface area contributed by atoms with Gasteiger partial charge in [-0.05, 0) is 30.9 Å². The molecule has 1 aliphatic heterocycles. The summed E-state index contributed by atoms with van der Waals surface area (Å²) in [6.07, 6.45) is 3.63. The van der Waals surface area contributed by atoms with E-state index in [0.717, 1.165) is 25.9 Å². The highest BCUT2D eigenvalue weighted by molar-refractivity contribution is 14.1. The van der Waals surface area contributed by atoms with E-state index in [1.807, 2.05) is 0 Å². The highest BCUT2D eigenvalue weighted by atomic mass is 127. The molecule has 8 nitrogen and oxygen atoms in total. The Kier molecular flexibility index (Phi) is 5.27. The lowest BCUT2D eigenvalue weighted by Gasteiger charge is -2.23. The number of nitrogens with zero attached hydrogens (tertiary/aromatic N) is 4. The molecule has 0 amide bonds. The van der Waals surface area contributed by atoms with Crippen LogP contribution in [0.3, 0.4) is 0 Å². The first-order valence-electron chi connectivity index (χ1n) is 7.32. The molecule has 1 aliphatic rings. The summed E-state index contributed by atoms with van der Waals surface area (Å²) in [5.41, 5.74) is 0.443. The fourth-order valence-corrected chi connectivity index (χ4v) is 2.78. The van der Waals surface area contributed by atoms with Crippen LogP contribution in [0.5, 0.6) is 11.6 Å². The molecule has 0 saturated carbocycles. The van der Waals surface area contributed by atoms with Gasteiger partial charge in [0.2, 0.25) is 5.69 Å². The van der Waals surface area contributed by atoms with E-state index >= 15 is 0 Å². The van der Waals surface area contributed by atoms with E-state index in [9.17, 15) is 4.79 Å². The molecule has 124 valence electrons. The fourth-order valence-electron chi connectivity index (χ4n) is 2.22. The molecule has 1 saturated heterocycles. The number of H-pyrrole nitrogens is 1. The normalized spacial score (nSPS) is 15.5. The van der Waals surface area contributed by atoms with E-state index in [4.69, 9.17) is 9.84 Å². The number of carboxylic acid groups (broad SMARTS) is 1. The van der Waals surface area contributed by atoms with Crippen molar-refractivity contribution in [3.63, 3.8) is 0 Å². The SMILES string of the molecule is O=C(O)c1[nH]nnc1Oc1ccc(C#CC2CCN(I)CC2)nc1. The number of nitrogens with one attached hydrogen (secondary N) is 1. The smallest absolute Gasteiger partial charge is 0.359 e. The Bertz CT molecular complexity index is 772. The van der Waals surface area contributed by atoms with Crippen LogP contribution in [0, 0.1) is 17.8 Å². The van der Waals surface area contributed by atoms with Crippen molar-refractivity contribution in [2.75, 3.05) is 13.1 Å². The molecule has 0 bridgehead atoms. The summed E-state index contributed by atoms with van der Waals surface area (Å²) in [6, 6.07) is 3.40. The average molecular weight is 439 g/mol. The summed E-state index contributed by atoms with van der Waals surface area (Å²) in [6.45, 7) is 2.12. The molecule has 3 rings (SSSR count). The molecule has 0 spiro atoms. The molecule has 3 heterocycles. The second-order valence-corrected chi connectivity index (χ2v) is 6.60. The van der Waals surface area contributed by atoms with Crippen molar-refractivity contribution < 1.29 is 14.6 Å². The number of aromatic carboxylic acids is 1. The Balaban J connectivity index is 1.63. The Hall–Kier alpha value is -2.19. The zero-order chi connectivity index (χ0) is 16.9. The number of rotatable bonds is 3. The van der Waals surface area contributed by atoms with Crippen molar-refractivity contribution in [2.24, 2.45) is 5.92 Å². The highest BCUT2D eigenvalue weighted by Crippen LogP contribution is 2.21. The van der Waals surface area contributed by atoms with Gasteiger partial charge in [0.25, 0.3) is 5.88 Å². The van der Waals surface area contributed by atoms with Gasteiger partial charge in [-0.3, -0.25) is 0 Å². The molecule has 2 aromatic rings. The number of hydrogen-bond donors (Lipinski definition) is 2. The first kappa shape index (κ1) is 16.7. The third-order valence-corrected chi connectivity index (χ3v) is 4.49. The maximum absolute atomic E-state index is 11.0. The van der Waals surface area contributed by atoms with Crippen molar-refractivity contribution in [3.8, 4) is 23.5 Å². The van der Waals surface area contributed by atoms with Crippen molar-refractivity contribution >= 4 is 28.8 Å². The predicted octanol–water partition coefficient (Wildman–Crippen LogP) is 2.10. The van der Waals surface area contributed by atoms with Crippen LogP contribution in [0.1, 0.15) is 29.0 Å². The van der Waals surface area contributed by atoms with E-state index in [1.54, 1.807) is 12.1 Å². The molecule has 0 unspecified atom stereocenters. The van der Waals surface area contributed by atoms with E-state index < -0.39 is 5.97 Å². The summed E-state index contributed by atoms with van der Waals surface area (Å²) >= 11 is 2.34. The van der Waals surface area contributed by atoms with Gasteiger partial charge in [0.05, 0.1) is 6.20 Å². The van der Waals surface area contributed by atoms with Gasteiger partial charge in [0.15, 0.2) is 0 Å². The first-order valence-corrected chi connectivity index (χ1v) is 8.29. The molecule has 0 atom stereocenters. The Morgan fingerprint density at radius 3 is 2.88 bits per heavy atom. The largest absolute Gasteiger partial charge is 0.476 e. The molecule has 1 fully saturated rings. The molecule has 2 aromatic heterocycles. The topological polar surface area (TPSA) is 104 Å². The van der Waals surface area contributed by atoms with Gasteiger partial charge in [-0.1, -0.05) is 16.2 Å². The predicted molar refractivity (Wildman–Crippen MR) is 92.8 cm³/mol. The molecule has 0 aliphatic carbocycles. The van der Waals surface area contributed by atoms with E-state index in [-0.39, 0.29) is 11.6 Å². The van der Waals surface area contributed by atoms with Gasteiger partial charge >= 0.3 is 5.97 Å². The standard InChI is InChI=1S/C15H14IN5O3/c16-21-7-5-10(6-8-21)1-2-11-3-4-12(9-17-11)24-14-13(15(22)23)18-20-19-14/h3-4,9-10H,5-8H2,(H,22,23)(H,18,19,20). The number of pyridine rings is 1. The molecular formula is C15H14IN5O3. The zero-order valence-corrected chi connectivity index (χ0v) is 14.7. The number of aromatic amines is 1. The van der Waals surface area contributed by atoms with Gasteiger partial charge in [-0.2, -0.15) is 0 Å². The minimum atomic E-state index is -1.19. The lowest BCUT2D eigenvalue weighted by atomic mass is 9.99. The van der Waals surface area contributed by atoms with Crippen molar-refractivity contribution in [1.29, 1.82) is 0 Å². The van der Waals surface area contributed by atoms with Crippen LogP contribution in [0.2, 0.25) is 0 Å². The van der Waals surface area contributed by atoms with E-state index in [0.29, 0.717) is 17.4 Å². The number of piperidine rings is 1. The Morgan fingerprint density at radius 1 is 1.42 bits per heavy atom. The zero-order valence-electron chi connectivity index (χ0n) is 12.6. The number of carbonyl (C=O) groups is 1. The van der Waals surface area contributed by atoms with Crippen molar-refractivity contribution in [1.82, 2.24) is 23.5 Å². The minimum absolute atomic E-state index is 0.103. The van der Waals surface area contributed by atoms with Gasteiger partial charge < -0.3 is 9.84 Å². The number of hydrogen-bond acceptors (Lipinski definition) is 6. The summed E-state index contributed by atoms with van der Waals surface area (Å²) < 4.78 is 7.64. The van der Waals surface area contributed by atoms with Crippen molar-refractivity contribution in [2.45, 2.75) is 12.8 Å². The van der Waals surface area contributed by atoms with Crippen LogP contribution in [-0.4, -0.2) is 47.7 Å². The quantitative estimate of drug-likeness (QED) is 0.429. The molecule has 9 heteroatoms. The summed E-state index contributed by atoms with van der Waals surface area (Å²) in [4.78, 5) is 15.2. The van der Waals surface area contributed by atoms with Crippen LogP contribution in [0.15, 0.2) is 18.3 Å². The van der Waals surface area contributed by atoms with Crippen LogP contribution in [0.4, 0.5) is 0 Å². The maximum atomic E-state index is 11.0. The monoisotopic (exact) mass is 439 g/mol. The summed E-state index contributed by atoms with van der Waals surface area (Å²) in [7, 11) is 0. The summed E-state index contributed by atoms with van der Waals surface area (Å²) in [5.74, 6) is 5.82. The first-order chi connectivity index (χ1) is 11.6. The van der Waals surface area contributed by atoms with Gasteiger partial charge in [0, 0.05) is 41.9 Å². The number of ether oxygens (including phenoxy) is 1. The maximum Gasteiger partial charge on any atom is 0.359 e. The second-order valence-electron chi connectivity index (χ2n) is 5.23. The summed E-state index contributed by atoms with van der Waals surface area (Å²) in [5, 5.41) is 18.2. The van der Waals surface area contributed by atoms with E-state index in [1.165, 1.54) is 6.20 Å². The average Bonchev–Trinajstić information content (AvgIpc) is 3.04. The second kappa shape index (κ2) is 7.59. The fraction of sp³-hybridized carbons (Fsp3) is 0.333. The minimum Gasteiger partial charge on any atom is -0.476 e. The van der Waals surface area contributed by atoms with Gasteiger partial charge in [0.1, 0.15) is 11.4 Å². The highest BCUT2D eigenvalue weighted by Gasteiger charge is 2.17. The van der Waals surface area contributed by atoms with Gasteiger partial charge in [-0.15, -0.1) is 0 Å². The number of carboxylic acids is 1. The Labute approximate surface area is 152 Å². The van der Waals surface area contributed by atoms with Crippen LogP contribution >= 0.6 is 22.9 Å². The molecule has 0 aromatic carbocycles. The lowest BCUT2D eigenvalue weighted by Crippen LogP contribution is -2.24. The molecule has 24 heavy (non-hydrogen) atoms. The van der Waals surface area contributed by atoms with Crippen LogP contribution < -0.4 is 4.74 Å².